The van der Waals surface area contributed by atoms with Crippen molar-refractivity contribution in [2.24, 2.45) is 0 Å². The minimum atomic E-state index is -0.525. The molecule has 0 amide bonds. The molecule has 0 saturated carbocycles. The lowest BCUT2D eigenvalue weighted by Gasteiger charge is -2.25. The SMILES string of the molecule is Cc1ccc(C)c2c1C(=O)c1c(-c3cccc([N+](=O)[O-])c3)ccc(-c3cccc([N+](=O)[O-])c3)c1C2=O. The largest absolute Gasteiger partial charge is 0.289 e. The van der Waals surface area contributed by atoms with Gasteiger partial charge in [-0.15, -0.1) is 0 Å². The van der Waals surface area contributed by atoms with E-state index in [0.29, 0.717) is 44.5 Å². The van der Waals surface area contributed by atoms with Gasteiger partial charge >= 0.3 is 0 Å². The number of ketones is 2. The third kappa shape index (κ3) is 3.47. The molecule has 8 nitrogen and oxygen atoms in total. The molecule has 8 heteroatoms. The summed E-state index contributed by atoms with van der Waals surface area (Å²) in [5, 5.41) is 22.8. The number of fused-ring (bicyclic) bond motifs is 2. The fourth-order valence-electron chi connectivity index (χ4n) is 4.78. The molecular weight excluding hydrogens is 460 g/mol. The average Bonchev–Trinajstić information content (AvgIpc) is 2.87. The van der Waals surface area contributed by atoms with Gasteiger partial charge in [-0.1, -0.05) is 48.5 Å². The van der Waals surface area contributed by atoms with Gasteiger partial charge in [-0.3, -0.25) is 29.8 Å². The average molecular weight is 478 g/mol. The Labute approximate surface area is 205 Å². The van der Waals surface area contributed by atoms with Crippen molar-refractivity contribution in [3.05, 3.63) is 126 Å². The van der Waals surface area contributed by atoms with Crippen LogP contribution in [0, 0.1) is 34.1 Å². The molecule has 0 N–H and O–H groups in total. The van der Waals surface area contributed by atoms with Gasteiger partial charge in [-0.25, -0.2) is 0 Å². The third-order valence-corrected chi connectivity index (χ3v) is 6.47. The summed E-state index contributed by atoms with van der Waals surface area (Å²) in [7, 11) is 0. The molecular formula is C28H18N2O6. The number of carbonyl (C=O) groups is 2. The first-order valence-corrected chi connectivity index (χ1v) is 11.0. The monoisotopic (exact) mass is 478 g/mol. The van der Waals surface area contributed by atoms with Crippen LogP contribution in [0.3, 0.4) is 0 Å². The standard InChI is InChI=1S/C28H18N2O6/c1-15-9-10-16(2)24-23(15)27(31)25-21(17-5-3-7-19(13-17)29(33)34)11-12-22(26(25)28(24)32)18-6-4-8-20(14-18)30(35)36/h3-14H,1-2H3. The molecule has 0 unspecified atom stereocenters. The second-order valence-electron chi connectivity index (χ2n) is 8.63. The molecule has 0 heterocycles. The Kier molecular flexibility index (Phi) is 5.29. The molecule has 0 fully saturated rings. The molecule has 0 radical (unpaired) electrons. The van der Waals surface area contributed by atoms with Crippen LogP contribution in [0.4, 0.5) is 11.4 Å². The molecule has 0 bridgehead atoms. The molecule has 176 valence electrons. The fourth-order valence-corrected chi connectivity index (χ4v) is 4.78. The van der Waals surface area contributed by atoms with E-state index in [4.69, 9.17) is 0 Å². The lowest BCUT2D eigenvalue weighted by atomic mass is 9.75. The normalized spacial score (nSPS) is 12.2. The van der Waals surface area contributed by atoms with Crippen LogP contribution in [0.25, 0.3) is 22.3 Å². The van der Waals surface area contributed by atoms with Gasteiger partial charge in [-0.05, 0) is 47.2 Å². The Hall–Kier alpha value is -4.98. The summed E-state index contributed by atoms with van der Waals surface area (Å²) < 4.78 is 0. The van der Waals surface area contributed by atoms with Crippen molar-refractivity contribution in [1.82, 2.24) is 0 Å². The predicted molar refractivity (Wildman–Crippen MR) is 133 cm³/mol. The number of benzene rings is 4. The van der Waals surface area contributed by atoms with Crippen LogP contribution >= 0.6 is 0 Å². The zero-order chi connectivity index (χ0) is 25.7. The van der Waals surface area contributed by atoms with Crippen molar-refractivity contribution < 1.29 is 19.4 Å². The second kappa shape index (κ2) is 8.35. The number of aryl methyl sites for hydroxylation is 2. The van der Waals surface area contributed by atoms with Gasteiger partial charge in [0.2, 0.25) is 0 Å². The number of hydrogen-bond acceptors (Lipinski definition) is 6. The molecule has 1 aliphatic carbocycles. The fraction of sp³-hybridized carbons (Fsp3) is 0.0714. The smallest absolute Gasteiger partial charge is 0.270 e. The minimum absolute atomic E-state index is 0.130. The Balaban J connectivity index is 1.87. The number of nitro groups is 2. The van der Waals surface area contributed by atoms with Gasteiger partial charge < -0.3 is 0 Å². The van der Waals surface area contributed by atoms with E-state index in [1.54, 1.807) is 50.2 Å². The molecule has 0 saturated heterocycles. The van der Waals surface area contributed by atoms with E-state index in [1.807, 2.05) is 0 Å². The van der Waals surface area contributed by atoms with E-state index in [9.17, 15) is 29.8 Å². The first-order chi connectivity index (χ1) is 17.2. The quantitative estimate of drug-likeness (QED) is 0.223. The number of rotatable bonds is 4. The van der Waals surface area contributed by atoms with E-state index in [-0.39, 0.29) is 34.1 Å². The van der Waals surface area contributed by atoms with Crippen molar-refractivity contribution in [2.75, 3.05) is 0 Å². The highest BCUT2D eigenvalue weighted by Gasteiger charge is 2.36. The van der Waals surface area contributed by atoms with Gasteiger partial charge in [0.25, 0.3) is 11.4 Å². The lowest BCUT2D eigenvalue weighted by molar-refractivity contribution is -0.385. The molecule has 0 aromatic heterocycles. The maximum absolute atomic E-state index is 14.0. The topological polar surface area (TPSA) is 120 Å². The van der Waals surface area contributed by atoms with Crippen LogP contribution in [0.5, 0.6) is 0 Å². The van der Waals surface area contributed by atoms with Crippen molar-refractivity contribution in [3.8, 4) is 22.3 Å². The van der Waals surface area contributed by atoms with E-state index in [0.717, 1.165) is 0 Å². The number of carbonyl (C=O) groups excluding carboxylic acids is 2. The van der Waals surface area contributed by atoms with Crippen molar-refractivity contribution in [2.45, 2.75) is 13.8 Å². The van der Waals surface area contributed by atoms with Gasteiger partial charge in [0.15, 0.2) is 11.6 Å². The van der Waals surface area contributed by atoms with Crippen LogP contribution in [-0.2, 0) is 0 Å². The van der Waals surface area contributed by atoms with Gasteiger partial charge in [0, 0.05) is 46.5 Å². The molecule has 1 aliphatic rings. The van der Waals surface area contributed by atoms with Crippen LogP contribution in [0.15, 0.2) is 72.8 Å². The Bertz CT molecular complexity index is 1530. The molecule has 5 rings (SSSR count). The zero-order valence-electron chi connectivity index (χ0n) is 19.3. The summed E-state index contributed by atoms with van der Waals surface area (Å²) in [6.45, 7) is 3.51. The molecule has 4 aromatic carbocycles. The molecule has 4 aromatic rings. The Morgan fingerprint density at radius 3 is 1.31 bits per heavy atom. The van der Waals surface area contributed by atoms with Crippen LogP contribution in [-0.4, -0.2) is 21.4 Å². The Morgan fingerprint density at radius 2 is 0.944 bits per heavy atom. The maximum Gasteiger partial charge on any atom is 0.270 e. The summed E-state index contributed by atoms with van der Waals surface area (Å²) in [4.78, 5) is 49.7. The highest BCUT2D eigenvalue weighted by Crippen LogP contribution is 2.42. The summed E-state index contributed by atoms with van der Waals surface area (Å²) in [6.07, 6.45) is 0. The molecule has 36 heavy (non-hydrogen) atoms. The van der Waals surface area contributed by atoms with Gasteiger partial charge in [0.05, 0.1) is 9.85 Å². The van der Waals surface area contributed by atoms with E-state index < -0.39 is 9.85 Å². The number of nitrogens with zero attached hydrogens (tertiary/aromatic N) is 2. The summed E-state index contributed by atoms with van der Waals surface area (Å²) in [6, 6.07) is 18.6. The van der Waals surface area contributed by atoms with Crippen LogP contribution < -0.4 is 0 Å². The first kappa shape index (κ1) is 22.8. The maximum atomic E-state index is 14.0. The van der Waals surface area contributed by atoms with Crippen molar-refractivity contribution in [3.63, 3.8) is 0 Å². The summed E-state index contributed by atoms with van der Waals surface area (Å²) >= 11 is 0. The highest BCUT2D eigenvalue weighted by atomic mass is 16.6. The molecule has 0 spiro atoms. The summed E-state index contributed by atoms with van der Waals surface area (Å²) in [5.41, 5.74) is 3.46. The van der Waals surface area contributed by atoms with Gasteiger partial charge in [-0.2, -0.15) is 0 Å². The van der Waals surface area contributed by atoms with E-state index >= 15 is 0 Å². The lowest BCUT2D eigenvalue weighted by Crippen LogP contribution is -2.25. The van der Waals surface area contributed by atoms with Crippen molar-refractivity contribution >= 4 is 22.9 Å². The summed E-state index contributed by atoms with van der Waals surface area (Å²) in [5.74, 6) is -0.732. The minimum Gasteiger partial charge on any atom is -0.289 e. The number of nitro benzene ring substituents is 2. The third-order valence-electron chi connectivity index (χ3n) is 6.47. The Morgan fingerprint density at radius 1 is 0.556 bits per heavy atom. The van der Waals surface area contributed by atoms with Crippen molar-refractivity contribution in [1.29, 1.82) is 0 Å². The highest BCUT2D eigenvalue weighted by molar-refractivity contribution is 6.33. The predicted octanol–water partition coefficient (Wildman–Crippen LogP) is 6.23. The first-order valence-electron chi connectivity index (χ1n) is 11.0. The van der Waals surface area contributed by atoms with Crippen LogP contribution in [0.1, 0.15) is 43.0 Å². The van der Waals surface area contributed by atoms with E-state index in [2.05, 4.69) is 0 Å². The zero-order valence-corrected chi connectivity index (χ0v) is 19.3. The number of non-ortho nitro benzene ring substituents is 2. The van der Waals surface area contributed by atoms with Crippen LogP contribution in [0.2, 0.25) is 0 Å². The van der Waals surface area contributed by atoms with Gasteiger partial charge in [0.1, 0.15) is 0 Å². The van der Waals surface area contributed by atoms with E-state index in [1.165, 1.54) is 36.4 Å². The molecule has 0 atom stereocenters. The molecule has 0 aliphatic heterocycles. The number of hydrogen-bond donors (Lipinski definition) is 0. The second-order valence-corrected chi connectivity index (χ2v) is 8.63.